The molecular weight excluding hydrogens is 384 g/mol. The number of hydrogen-bond acceptors (Lipinski definition) is 2. The van der Waals surface area contributed by atoms with Gasteiger partial charge in [0.25, 0.3) is 0 Å². The summed E-state index contributed by atoms with van der Waals surface area (Å²) in [4.78, 5) is 23.4. The Morgan fingerprint density at radius 1 is 0.871 bits per heavy atom. The normalized spacial score (nSPS) is 19.0. The number of ketones is 1. The van der Waals surface area contributed by atoms with Gasteiger partial charge in [-0.15, -0.1) is 0 Å². The van der Waals surface area contributed by atoms with Crippen molar-refractivity contribution in [3.8, 4) is 0 Å². The molecule has 0 unspecified atom stereocenters. The van der Waals surface area contributed by atoms with Crippen LogP contribution in [-0.4, -0.2) is 16.9 Å². The van der Waals surface area contributed by atoms with Gasteiger partial charge in [-0.25, -0.2) is 0 Å². The molecule has 0 amide bonds. The van der Waals surface area contributed by atoms with Crippen LogP contribution < -0.4 is 0 Å². The van der Waals surface area contributed by atoms with E-state index in [-0.39, 0.29) is 24.0 Å². The lowest BCUT2D eigenvalue weighted by molar-refractivity contribution is -0.137. The molecule has 0 fully saturated rings. The van der Waals surface area contributed by atoms with Crippen molar-refractivity contribution in [3.63, 3.8) is 0 Å². The molecule has 0 bridgehead atoms. The van der Waals surface area contributed by atoms with Crippen molar-refractivity contribution < 1.29 is 14.7 Å². The third-order valence-corrected chi connectivity index (χ3v) is 5.37. The number of carbonyl (C=O) groups is 2. The molecule has 0 aliphatic heterocycles. The Labute approximate surface area is 184 Å². The maximum Gasteiger partial charge on any atom is 0.303 e. The van der Waals surface area contributed by atoms with Crippen LogP contribution in [0.5, 0.6) is 0 Å². The first-order valence-electron chi connectivity index (χ1n) is 10.7. The van der Waals surface area contributed by atoms with Crippen molar-refractivity contribution >= 4 is 23.9 Å². The second-order valence-electron chi connectivity index (χ2n) is 7.69. The zero-order chi connectivity index (χ0) is 21.9. The van der Waals surface area contributed by atoms with E-state index in [1.165, 1.54) is 0 Å². The largest absolute Gasteiger partial charge is 0.481 e. The molecule has 2 aromatic carbocycles. The third kappa shape index (κ3) is 7.07. The minimum absolute atomic E-state index is 0.0105. The average molecular weight is 413 g/mol. The lowest BCUT2D eigenvalue weighted by Crippen LogP contribution is -2.14. The summed E-state index contributed by atoms with van der Waals surface area (Å²) < 4.78 is 0. The van der Waals surface area contributed by atoms with Crippen molar-refractivity contribution in [3.05, 3.63) is 108 Å². The van der Waals surface area contributed by atoms with Gasteiger partial charge in [-0.05, 0) is 42.0 Å². The fraction of sp³-hybridized carbons (Fsp3) is 0.214. The Balaban J connectivity index is 1.73. The number of benzene rings is 2. The van der Waals surface area contributed by atoms with E-state index >= 15 is 0 Å². The van der Waals surface area contributed by atoms with Gasteiger partial charge in [0.1, 0.15) is 0 Å². The predicted molar refractivity (Wildman–Crippen MR) is 126 cm³/mol. The summed E-state index contributed by atoms with van der Waals surface area (Å²) in [5.74, 6) is -0.752. The number of allylic oxidation sites excluding steroid dienone is 6. The van der Waals surface area contributed by atoms with Gasteiger partial charge >= 0.3 is 5.97 Å². The SMILES string of the molecule is O=C(O)CCC/C=C\C[C@H]1C(=O)C=C(/C=C/c2ccccc2)[C@@H]1/C=C/c1ccccc1. The van der Waals surface area contributed by atoms with Crippen LogP contribution in [-0.2, 0) is 9.59 Å². The molecule has 0 spiro atoms. The fourth-order valence-electron chi connectivity index (χ4n) is 3.71. The molecule has 2 aromatic rings. The molecule has 1 N–H and O–H groups in total. The van der Waals surface area contributed by atoms with E-state index < -0.39 is 5.97 Å². The summed E-state index contributed by atoms with van der Waals surface area (Å²) in [6.07, 6.45) is 16.2. The van der Waals surface area contributed by atoms with E-state index in [0.29, 0.717) is 19.3 Å². The maximum absolute atomic E-state index is 12.8. The Hall–Kier alpha value is -3.46. The molecule has 3 nitrogen and oxygen atoms in total. The highest BCUT2D eigenvalue weighted by atomic mass is 16.4. The Kier molecular flexibility index (Phi) is 8.36. The molecule has 0 aromatic heterocycles. The zero-order valence-corrected chi connectivity index (χ0v) is 17.6. The van der Waals surface area contributed by atoms with Crippen LogP contribution in [0.2, 0.25) is 0 Å². The highest BCUT2D eigenvalue weighted by Gasteiger charge is 2.32. The van der Waals surface area contributed by atoms with E-state index in [1.54, 1.807) is 6.08 Å². The zero-order valence-electron chi connectivity index (χ0n) is 17.6. The van der Waals surface area contributed by atoms with Crippen LogP contribution in [0.25, 0.3) is 12.2 Å². The van der Waals surface area contributed by atoms with Gasteiger partial charge in [-0.1, -0.05) is 97.1 Å². The van der Waals surface area contributed by atoms with Crippen LogP contribution in [0.3, 0.4) is 0 Å². The Bertz CT molecular complexity index is 981. The van der Waals surface area contributed by atoms with E-state index in [2.05, 4.69) is 12.2 Å². The first-order valence-corrected chi connectivity index (χ1v) is 10.7. The van der Waals surface area contributed by atoms with Crippen LogP contribution in [0.1, 0.15) is 36.8 Å². The number of aliphatic carboxylic acids is 1. The van der Waals surface area contributed by atoms with E-state index in [4.69, 9.17) is 5.11 Å². The van der Waals surface area contributed by atoms with Gasteiger partial charge in [-0.2, -0.15) is 0 Å². The molecular formula is C28H28O3. The minimum Gasteiger partial charge on any atom is -0.481 e. The molecule has 3 rings (SSSR count). The van der Waals surface area contributed by atoms with Gasteiger partial charge < -0.3 is 5.11 Å². The number of carboxylic acids is 1. The van der Waals surface area contributed by atoms with Gasteiger partial charge in [0, 0.05) is 18.3 Å². The molecule has 0 saturated carbocycles. The van der Waals surface area contributed by atoms with Crippen molar-refractivity contribution in [2.24, 2.45) is 11.8 Å². The molecule has 1 aliphatic carbocycles. The van der Waals surface area contributed by atoms with Crippen LogP contribution >= 0.6 is 0 Å². The van der Waals surface area contributed by atoms with Gasteiger partial charge in [-0.3, -0.25) is 9.59 Å². The van der Waals surface area contributed by atoms with Gasteiger partial charge in [0.05, 0.1) is 0 Å². The average Bonchev–Trinajstić information content (AvgIpc) is 3.08. The molecule has 0 heterocycles. The number of carboxylic acid groups (broad SMARTS) is 1. The highest BCUT2D eigenvalue weighted by molar-refractivity contribution is 5.97. The second kappa shape index (κ2) is 11.7. The quantitative estimate of drug-likeness (QED) is 0.365. The van der Waals surface area contributed by atoms with Crippen molar-refractivity contribution in [2.75, 3.05) is 0 Å². The fourth-order valence-corrected chi connectivity index (χ4v) is 3.71. The maximum atomic E-state index is 12.8. The third-order valence-electron chi connectivity index (χ3n) is 5.37. The monoisotopic (exact) mass is 412 g/mol. The summed E-state index contributed by atoms with van der Waals surface area (Å²) in [6.45, 7) is 0. The van der Waals surface area contributed by atoms with Crippen molar-refractivity contribution in [1.29, 1.82) is 0 Å². The second-order valence-corrected chi connectivity index (χ2v) is 7.69. The lowest BCUT2D eigenvalue weighted by Gasteiger charge is -2.16. The highest BCUT2D eigenvalue weighted by Crippen LogP contribution is 2.35. The number of carbonyl (C=O) groups excluding carboxylic acids is 1. The first kappa shape index (κ1) is 22.2. The van der Waals surface area contributed by atoms with Crippen LogP contribution in [0.15, 0.2) is 96.6 Å². The van der Waals surface area contributed by atoms with Crippen molar-refractivity contribution in [1.82, 2.24) is 0 Å². The van der Waals surface area contributed by atoms with E-state index in [1.807, 2.05) is 85.0 Å². The lowest BCUT2D eigenvalue weighted by atomic mass is 9.86. The Morgan fingerprint density at radius 2 is 1.52 bits per heavy atom. The Morgan fingerprint density at radius 3 is 2.16 bits per heavy atom. The molecule has 3 heteroatoms. The number of unbranched alkanes of at least 4 members (excludes halogenated alkanes) is 1. The molecule has 0 saturated heterocycles. The summed E-state index contributed by atoms with van der Waals surface area (Å²) in [5.41, 5.74) is 3.23. The first-order chi connectivity index (χ1) is 15.1. The molecule has 0 radical (unpaired) electrons. The van der Waals surface area contributed by atoms with Gasteiger partial charge in [0.15, 0.2) is 5.78 Å². The summed E-state index contributed by atoms with van der Waals surface area (Å²) in [6, 6.07) is 20.2. The summed E-state index contributed by atoms with van der Waals surface area (Å²) in [5, 5.41) is 8.74. The smallest absolute Gasteiger partial charge is 0.303 e. The van der Waals surface area contributed by atoms with E-state index in [0.717, 1.165) is 16.7 Å². The van der Waals surface area contributed by atoms with E-state index in [9.17, 15) is 9.59 Å². The van der Waals surface area contributed by atoms with Crippen LogP contribution in [0.4, 0.5) is 0 Å². The predicted octanol–water partition coefficient (Wildman–Crippen LogP) is 6.36. The van der Waals surface area contributed by atoms with Crippen LogP contribution in [0, 0.1) is 11.8 Å². The molecule has 158 valence electrons. The molecule has 31 heavy (non-hydrogen) atoms. The minimum atomic E-state index is -0.774. The summed E-state index contributed by atoms with van der Waals surface area (Å²) in [7, 11) is 0. The topological polar surface area (TPSA) is 54.4 Å². The number of hydrogen-bond donors (Lipinski definition) is 1. The summed E-state index contributed by atoms with van der Waals surface area (Å²) >= 11 is 0. The molecule has 2 atom stereocenters. The standard InChI is InChI=1S/C28H28O3/c29-27-21-24(19-17-22-11-5-3-6-12-22)25(20-18-23-13-7-4-8-14-23)26(27)15-9-1-2-10-16-28(30)31/h1,3-9,11-14,17-21,25-26H,2,10,15-16H2,(H,30,31)/b9-1-,19-17+,20-18+/t25-,26+/m0/s1. The molecule has 1 aliphatic rings. The van der Waals surface area contributed by atoms with Crippen molar-refractivity contribution in [2.45, 2.75) is 25.7 Å². The van der Waals surface area contributed by atoms with Gasteiger partial charge in [0.2, 0.25) is 0 Å². The number of rotatable bonds is 10.